The summed E-state index contributed by atoms with van der Waals surface area (Å²) in [5, 5.41) is 7.74. The van der Waals surface area contributed by atoms with Crippen LogP contribution in [0.3, 0.4) is 0 Å². The van der Waals surface area contributed by atoms with Crippen molar-refractivity contribution in [3.05, 3.63) is 47.8 Å². The largest absolute Gasteiger partial charge is 0.489 e. The molecule has 1 aromatic carbocycles. The van der Waals surface area contributed by atoms with E-state index in [4.69, 9.17) is 4.74 Å². The molecule has 1 aliphatic rings. The van der Waals surface area contributed by atoms with E-state index < -0.39 is 0 Å². The fourth-order valence-electron chi connectivity index (χ4n) is 2.07. The van der Waals surface area contributed by atoms with Gasteiger partial charge in [-0.2, -0.15) is 5.10 Å². The third-order valence-electron chi connectivity index (χ3n) is 3.51. The van der Waals surface area contributed by atoms with E-state index in [1.807, 2.05) is 29.2 Å². The van der Waals surface area contributed by atoms with Gasteiger partial charge in [0.05, 0.1) is 6.20 Å². The van der Waals surface area contributed by atoms with E-state index in [2.05, 4.69) is 29.5 Å². The first-order valence-electron chi connectivity index (χ1n) is 7.30. The highest BCUT2D eigenvalue weighted by atomic mass is 16.5. The predicted octanol–water partition coefficient (Wildman–Crippen LogP) is 2.73. The number of nitrogens with zero attached hydrogens (tertiary/aromatic N) is 2. The lowest BCUT2D eigenvalue weighted by Gasteiger charge is -2.07. The molecule has 0 radical (unpaired) electrons. The van der Waals surface area contributed by atoms with Gasteiger partial charge in [0.2, 0.25) is 0 Å². The van der Waals surface area contributed by atoms with E-state index in [-0.39, 0.29) is 0 Å². The number of nitrogens with one attached hydrogen (secondary N) is 1. The minimum atomic E-state index is 0.569. The van der Waals surface area contributed by atoms with Crippen molar-refractivity contribution >= 4 is 0 Å². The van der Waals surface area contributed by atoms with E-state index in [1.54, 1.807) is 0 Å². The highest BCUT2D eigenvalue weighted by Crippen LogP contribution is 2.20. The number of rotatable bonds is 7. The van der Waals surface area contributed by atoms with Gasteiger partial charge in [-0.25, -0.2) is 0 Å². The monoisotopic (exact) mass is 271 g/mol. The van der Waals surface area contributed by atoms with Gasteiger partial charge in [-0.05, 0) is 37.5 Å². The summed E-state index contributed by atoms with van der Waals surface area (Å²) in [6, 6.07) is 9.07. The molecule has 0 unspecified atom stereocenters. The number of aromatic nitrogens is 2. The van der Waals surface area contributed by atoms with Crippen molar-refractivity contribution < 1.29 is 4.74 Å². The Labute approximate surface area is 119 Å². The molecule has 1 heterocycles. The van der Waals surface area contributed by atoms with Crippen LogP contribution in [0, 0.1) is 0 Å². The second kappa shape index (κ2) is 6.09. The van der Waals surface area contributed by atoms with Gasteiger partial charge < -0.3 is 10.1 Å². The highest BCUT2D eigenvalue weighted by Gasteiger charge is 2.19. The van der Waals surface area contributed by atoms with Crippen LogP contribution in [0.25, 0.3) is 0 Å². The second-order valence-electron chi connectivity index (χ2n) is 5.29. The molecule has 4 nitrogen and oxygen atoms in total. The number of benzene rings is 1. The molecule has 1 saturated carbocycles. The van der Waals surface area contributed by atoms with Gasteiger partial charge in [-0.15, -0.1) is 0 Å². The van der Waals surface area contributed by atoms with Crippen molar-refractivity contribution in [2.45, 2.75) is 45.5 Å². The third kappa shape index (κ3) is 3.61. The molecule has 0 saturated heterocycles. The Kier molecular flexibility index (Phi) is 4.02. The van der Waals surface area contributed by atoms with Gasteiger partial charge in [0.1, 0.15) is 12.4 Å². The summed E-state index contributed by atoms with van der Waals surface area (Å²) >= 11 is 0. The van der Waals surface area contributed by atoms with Crippen LogP contribution in [0.2, 0.25) is 0 Å². The van der Waals surface area contributed by atoms with Crippen LogP contribution in [0.15, 0.2) is 36.7 Å². The molecular formula is C16H21N3O. The number of hydrogen-bond donors (Lipinski definition) is 1. The van der Waals surface area contributed by atoms with Crippen molar-refractivity contribution in [1.29, 1.82) is 0 Å². The Hall–Kier alpha value is -1.81. The lowest BCUT2D eigenvalue weighted by molar-refractivity contribution is 0.306. The summed E-state index contributed by atoms with van der Waals surface area (Å²) in [5.74, 6) is 0.907. The van der Waals surface area contributed by atoms with Gasteiger partial charge in [0.25, 0.3) is 0 Å². The molecule has 106 valence electrons. The van der Waals surface area contributed by atoms with Gasteiger partial charge >= 0.3 is 0 Å². The van der Waals surface area contributed by atoms with Crippen LogP contribution in [-0.4, -0.2) is 15.8 Å². The van der Waals surface area contributed by atoms with Crippen molar-refractivity contribution in [3.8, 4) is 5.75 Å². The zero-order valence-corrected chi connectivity index (χ0v) is 11.9. The van der Waals surface area contributed by atoms with Gasteiger partial charge in [-0.1, -0.05) is 12.1 Å². The minimum absolute atomic E-state index is 0.569. The zero-order chi connectivity index (χ0) is 13.8. The quantitative estimate of drug-likeness (QED) is 0.841. The Balaban J connectivity index is 1.49. The number of ether oxygens (including phenoxy) is 1. The number of aryl methyl sites for hydroxylation is 1. The summed E-state index contributed by atoms with van der Waals surface area (Å²) in [5.41, 5.74) is 2.41. The Morgan fingerprint density at radius 3 is 2.70 bits per heavy atom. The summed E-state index contributed by atoms with van der Waals surface area (Å²) in [7, 11) is 0. The molecule has 1 N–H and O–H groups in total. The molecule has 0 atom stereocenters. The molecule has 1 aliphatic carbocycles. The molecule has 0 amide bonds. The lowest BCUT2D eigenvalue weighted by atomic mass is 10.2. The summed E-state index contributed by atoms with van der Waals surface area (Å²) in [6.45, 7) is 4.49. The van der Waals surface area contributed by atoms with Crippen LogP contribution in [0.4, 0.5) is 0 Å². The average Bonchev–Trinajstić information content (AvgIpc) is 3.21. The maximum Gasteiger partial charge on any atom is 0.119 e. The van der Waals surface area contributed by atoms with Crippen molar-refractivity contribution in [1.82, 2.24) is 15.1 Å². The van der Waals surface area contributed by atoms with E-state index in [9.17, 15) is 0 Å². The van der Waals surface area contributed by atoms with Crippen molar-refractivity contribution in [3.63, 3.8) is 0 Å². The Morgan fingerprint density at radius 2 is 2.05 bits per heavy atom. The molecule has 4 heteroatoms. The fourth-order valence-corrected chi connectivity index (χ4v) is 2.07. The molecule has 3 rings (SSSR count). The SMILES string of the molecule is CCn1cc(COc2ccc(CNC3CC3)cc2)cn1. The molecule has 0 aliphatic heterocycles. The first kappa shape index (κ1) is 13.2. The highest BCUT2D eigenvalue weighted by molar-refractivity contribution is 5.27. The summed E-state index contributed by atoms with van der Waals surface area (Å²) in [4.78, 5) is 0. The average molecular weight is 271 g/mol. The van der Waals surface area contributed by atoms with E-state index in [0.29, 0.717) is 6.61 Å². The molecule has 0 spiro atoms. The van der Waals surface area contributed by atoms with E-state index in [1.165, 1.54) is 18.4 Å². The number of hydrogen-bond acceptors (Lipinski definition) is 3. The maximum atomic E-state index is 5.77. The van der Waals surface area contributed by atoms with Crippen LogP contribution in [-0.2, 0) is 19.7 Å². The molecular weight excluding hydrogens is 250 g/mol. The molecule has 0 bridgehead atoms. The standard InChI is InChI=1S/C16H21N3O/c1-2-19-11-14(10-18-19)12-20-16-7-3-13(4-8-16)9-17-15-5-6-15/h3-4,7-8,10-11,15,17H,2,5-6,9,12H2,1H3. The normalized spacial score (nSPS) is 14.4. The fraction of sp³-hybridized carbons (Fsp3) is 0.438. The minimum Gasteiger partial charge on any atom is -0.489 e. The Morgan fingerprint density at radius 1 is 1.25 bits per heavy atom. The smallest absolute Gasteiger partial charge is 0.119 e. The van der Waals surface area contributed by atoms with Gasteiger partial charge in [0.15, 0.2) is 0 Å². The molecule has 2 aromatic rings. The first-order valence-corrected chi connectivity index (χ1v) is 7.30. The maximum absolute atomic E-state index is 5.77. The van der Waals surface area contributed by atoms with Gasteiger partial charge in [-0.3, -0.25) is 4.68 Å². The third-order valence-corrected chi connectivity index (χ3v) is 3.51. The predicted molar refractivity (Wildman–Crippen MR) is 78.5 cm³/mol. The van der Waals surface area contributed by atoms with Crippen LogP contribution >= 0.6 is 0 Å². The Bertz CT molecular complexity index is 543. The second-order valence-corrected chi connectivity index (χ2v) is 5.29. The summed E-state index contributed by atoms with van der Waals surface area (Å²) in [6.07, 6.45) is 6.53. The zero-order valence-electron chi connectivity index (χ0n) is 11.9. The van der Waals surface area contributed by atoms with Crippen molar-refractivity contribution in [2.75, 3.05) is 0 Å². The molecule has 20 heavy (non-hydrogen) atoms. The van der Waals surface area contributed by atoms with Crippen LogP contribution in [0.1, 0.15) is 30.9 Å². The van der Waals surface area contributed by atoms with Crippen molar-refractivity contribution in [2.24, 2.45) is 0 Å². The molecule has 1 aromatic heterocycles. The molecule has 1 fully saturated rings. The summed E-state index contributed by atoms with van der Waals surface area (Å²) < 4.78 is 7.68. The van der Waals surface area contributed by atoms with Gasteiger partial charge in [0, 0.05) is 30.9 Å². The van der Waals surface area contributed by atoms with E-state index in [0.717, 1.165) is 30.4 Å². The van der Waals surface area contributed by atoms with E-state index >= 15 is 0 Å². The lowest BCUT2D eigenvalue weighted by Crippen LogP contribution is -2.15. The van der Waals surface area contributed by atoms with Crippen LogP contribution < -0.4 is 10.1 Å². The topological polar surface area (TPSA) is 39.1 Å². The van der Waals surface area contributed by atoms with Crippen LogP contribution in [0.5, 0.6) is 5.75 Å². The first-order chi connectivity index (χ1) is 9.83.